The third kappa shape index (κ3) is 4.78. The molecule has 4 rings (SSSR count). The Bertz CT molecular complexity index is 1360. The Morgan fingerprint density at radius 3 is 2.49 bits per heavy atom. The minimum absolute atomic E-state index is 0.0135. The molecule has 3 aromatic rings. The van der Waals surface area contributed by atoms with E-state index in [9.17, 15) is 22.0 Å². The lowest BCUT2D eigenvalue weighted by Crippen LogP contribution is -2.40. The van der Waals surface area contributed by atoms with Gasteiger partial charge in [-0.1, -0.05) is 38.1 Å². The summed E-state index contributed by atoms with van der Waals surface area (Å²) in [6.07, 6.45) is 0.0135. The Morgan fingerprint density at radius 1 is 1.17 bits per heavy atom. The molecule has 1 aliphatic rings. The summed E-state index contributed by atoms with van der Waals surface area (Å²) in [6.45, 7) is 7.87. The number of aromatic amines is 1. The number of nitrogens with zero attached hydrogens (tertiary/aromatic N) is 2. The number of nitrogens with one attached hydrogen (secondary N) is 2. The van der Waals surface area contributed by atoms with Crippen LogP contribution in [-0.2, 0) is 35.1 Å². The first-order chi connectivity index (χ1) is 16.4. The number of ketones is 1. The second kappa shape index (κ2) is 9.25. The summed E-state index contributed by atoms with van der Waals surface area (Å²) >= 11 is 0. The van der Waals surface area contributed by atoms with E-state index in [0.717, 1.165) is 22.0 Å². The lowest BCUT2D eigenvalue weighted by Gasteiger charge is -2.30. The zero-order valence-electron chi connectivity index (χ0n) is 20.0. The summed E-state index contributed by atoms with van der Waals surface area (Å²) in [7, 11) is -4.24. The minimum Gasteiger partial charge on any atom is -0.310 e. The molecular weight excluding hydrogens is 474 g/mol. The minimum atomic E-state index is -4.24. The van der Waals surface area contributed by atoms with Crippen molar-refractivity contribution < 1.29 is 22.0 Å². The highest BCUT2D eigenvalue weighted by atomic mass is 32.2. The summed E-state index contributed by atoms with van der Waals surface area (Å²) in [4.78, 5) is 12.8. The first-order valence-electron chi connectivity index (χ1n) is 11.3. The zero-order chi connectivity index (χ0) is 25.5. The number of hydrogen-bond acceptors (Lipinski definition) is 5. The van der Waals surface area contributed by atoms with Gasteiger partial charge in [0.25, 0.3) is 0 Å². The maximum atomic E-state index is 13.8. The fourth-order valence-corrected chi connectivity index (χ4v) is 6.15. The Morgan fingerprint density at radius 2 is 1.83 bits per heavy atom. The lowest BCUT2D eigenvalue weighted by molar-refractivity contribution is 0.0990. The van der Waals surface area contributed by atoms with Gasteiger partial charge in [-0.15, -0.1) is 0 Å². The molecule has 0 aliphatic carbocycles. The molecule has 10 heteroatoms. The number of aromatic nitrogens is 2. The van der Waals surface area contributed by atoms with Gasteiger partial charge in [0.2, 0.25) is 10.0 Å². The number of halogens is 2. The van der Waals surface area contributed by atoms with Crippen molar-refractivity contribution in [1.29, 1.82) is 0 Å². The molecule has 0 bridgehead atoms. The van der Waals surface area contributed by atoms with Crippen LogP contribution in [0.15, 0.2) is 47.4 Å². The average molecular weight is 503 g/mol. The first kappa shape index (κ1) is 25.2. The van der Waals surface area contributed by atoms with Gasteiger partial charge in [-0.2, -0.15) is 9.40 Å². The SMILES string of the molecule is CC(C)NCc1ccccc1C(=O)Cc1[nH]nc2c1CN(S(=O)(=O)c1cc(F)cc(F)c1)C2(C)C. The average Bonchev–Trinajstić information content (AvgIpc) is 3.30. The molecule has 0 spiro atoms. The molecule has 0 amide bonds. The second-order valence-corrected chi connectivity index (χ2v) is 11.4. The Hall–Kier alpha value is -2.95. The summed E-state index contributed by atoms with van der Waals surface area (Å²) < 4.78 is 55.3. The van der Waals surface area contributed by atoms with E-state index in [2.05, 4.69) is 15.5 Å². The van der Waals surface area contributed by atoms with Crippen LogP contribution in [0.4, 0.5) is 8.78 Å². The Labute approximate surface area is 203 Å². The molecule has 0 fully saturated rings. The van der Waals surface area contributed by atoms with Crippen LogP contribution in [0.25, 0.3) is 0 Å². The van der Waals surface area contributed by atoms with E-state index < -0.39 is 32.1 Å². The fraction of sp³-hybridized carbons (Fsp3) is 0.360. The van der Waals surface area contributed by atoms with Gasteiger partial charge in [0.05, 0.1) is 22.5 Å². The van der Waals surface area contributed by atoms with E-state index in [1.54, 1.807) is 26.0 Å². The van der Waals surface area contributed by atoms with Crippen molar-refractivity contribution in [3.63, 3.8) is 0 Å². The first-order valence-corrected chi connectivity index (χ1v) is 12.7. The number of benzene rings is 2. The van der Waals surface area contributed by atoms with Gasteiger partial charge < -0.3 is 5.32 Å². The highest BCUT2D eigenvalue weighted by Crippen LogP contribution is 2.42. The molecule has 2 heterocycles. The van der Waals surface area contributed by atoms with E-state index in [1.807, 2.05) is 26.0 Å². The lowest BCUT2D eigenvalue weighted by atomic mass is 9.97. The number of sulfonamides is 1. The van der Waals surface area contributed by atoms with Crippen LogP contribution in [0, 0.1) is 11.6 Å². The third-order valence-electron chi connectivity index (χ3n) is 6.24. The molecule has 35 heavy (non-hydrogen) atoms. The maximum Gasteiger partial charge on any atom is 0.244 e. The Kier molecular flexibility index (Phi) is 6.65. The van der Waals surface area contributed by atoms with Gasteiger partial charge in [-0.3, -0.25) is 9.89 Å². The monoisotopic (exact) mass is 502 g/mol. The smallest absolute Gasteiger partial charge is 0.244 e. The third-order valence-corrected chi connectivity index (χ3v) is 8.23. The van der Waals surface area contributed by atoms with E-state index in [4.69, 9.17) is 0 Å². The predicted octanol–water partition coefficient (Wildman–Crippen LogP) is 4.05. The van der Waals surface area contributed by atoms with Crippen LogP contribution < -0.4 is 5.32 Å². The number of Topliss-reactive ketones (excluding diaryl/α,β-unsaturated/α-hetero) is 1. The van der Waals surface area contributed by atoms with Crippen molar-refractivity contribution in [2.75, 3.05) is 0 Å². The summed E-state index contributed by atoms with van der Waals surface area (Å²) in [6, 6.07) is 9.83. The molecule has 1 aromatic heterocycles. The van der Waals surface area contributed by atoms with E-state index >= 15 is 0 Å². The highest BCUT2D eigenvalue weighted by molar-refractivity contribution is 7.89. The van der Waals surface area contributed by atoms with Crippen molar-refractivity contribution in [1.82, 2.24) is 19.8 Å². The topological polar surface area (TPSA) is 95.2 Å². The quantitative estimate of drug-likeness (QED) is 0.453. The van der Waals surface area contributed by atoms with E-state index in [0.29, 0.717) is 35.1 Å². The molecule has 7 nitrogen and oxygen atoms in total. The Balaban J connectivity index is 1.62. The number of H-pyrrole nitrogens is 1. The number of carbonyl (C=O) groups is 1. The molecule has 0 saturated carbocycles. The van der Waals surface area contributed by atoms with Crippen LogP contribution in [0.5, 0.6) is 0 Å². The molecule has 2 N–H and O–H groups in total. The van der Waals surface area contributed by atoms with Gasteiger partial charge in [-0.25, -0.2) is 17.2 Å². The predicted molar refractivity (Wildman–Crippen MR) is 127 cm³/mol. The zero-order valence-corrected chi connectivity index (χ0v) is 20.8. The number of rotatable bonds is 8. The van der Waals surface area contributed by atoms with Crippen molar-refractivity contribution in [2.24, 2.45) is 0 Å². The van der Waals surface area contributed by atoms with Gasteiger partial charge in [0.1, 0.15) is 11.6 Å². The van der Waals surface area contributed by atoms with Gasteiger partial charge in [-0.05, 0) is 31.5 Å². The van der Waals surface area contributed by atoms with Crippen LogP contribution in [0.2, 0.25) is 0 Å². The van der Waals surface area contributed by atoms with Gasteiger partial charge in [0.15, 0.2) is 5.78 Å². The van der Waals surface area contributed by atoms with Crippen molar-refractivity contribution in [3.05, 3.63) is 82.2 Å². The molecule has 0 unspecified atom stereocenters. The normalized spacial score (nSPS) is 15.5. The molecule has 2 aromatic carbocycles. The van der Waals surface area contributed by atoms with Gasteiger partial charge in [0, 0.05) is 42.0 Å². The van der Waals surface area contributed by atoms with Crippen LogP contribution >= 0.6 is 0 Å². The number of carbonyl (C=O) groups excluding carboxylic acids is 1. The largest absolute Gasteiger partial charge is 0.310 e. The molecule has 0 atom stereocenters. The van der Waals surface area contributed by atoms with Gasteiger partial charge >= 0.3 is 0 Å². The summed E-state index contributed by atoms with van der Waals surface area (Å²) in [5.74, 6) is -2.07. The molecule has 0 radical (unpaired) electrons. The molecular formula is C25H28F2N4O3S. The van der Waals surface area contributed by atoms with Crippen LogP contribution in [0.1, 0.15) is 60.6 Å². The molecule has 1 aliphatic heterocycles. The maximum absolute atomic E-state index is 13.8. The van der Waals surface area contributed by atoms with E-state index in [1.165, 1.54) is 0 Å². The van der Waals surface area contributed by atoms with Crippen molar-refractivity contribution >= 4 is 15.8 Å². The van der Waals surface area contributed by atoms with Crippen molar-refractivity contribution in [2.45, 2.75) is 63.7 Å². The van der Waals surface area contributed by atoms with E-state index in [-0.39, 0.29) is 24.8 Å². The standard InChI is InChI=1S/C25H28F2N4O3S/c1-15(2)28-13-16-7-5-6-8-20(16)23(32)12-22-21-14-31(25(3,4)24(21)30-29-22)35(33,34)19-10-17(26)9-18(27)11-19/h5-11,15,28H,12-14H2,1-4H3,(H,29,30). The van der Waals surface area contributed by atoms with Crippen LogP contribution in [0.3, 0.4) is 0 Å². The van der Waals surface area contributed by atoms with Crippen LogP contribution in [-0.4, -0.2) is 34.7 Å². The summed E-state index contributed by atoms with van der Waals surface area (Å²) in [5.41, 5.74) is 1.97. The van der Waals surface area contributed by atoms with Crippen molar-refractivity contribution in [3.8, 4) is 0 Å². The second-order valence-electron chi connectivity index (χ2n) is 9.50. The summed E-state index contributed by atoms with van der Waals surface area (Å²) in [5, 5.41) is 10.5. The molecule has 0 saturated heterocycles. The molecule has 186 valence electrons. The highest BCUT2D eigenvalue weighted by Gasteiger charge is 2.48. The number of hydrogen-bond donors (Lipinski definition) is 2. The number of fused-ring (bicyclic) bond motifs is 1. The fourth-order valence-electron chi connectivity index (χ4n) is 4.39.